The van der Waals surface area contributed by atoms with E-state index in [1.165, 1.54) is 11.5 Å². The van der Waals surface area contributed by atoms with Crippen molar-refractivity contribution in [3.8, 4) is 28.5 Å². The Bertz CT molecular complexity index is 964. The van der Waals surface area contributed by atoms with Crippen LogP contribution in [0.4, 0.5) is 0 Å². The highest BCUT2D eigenvalue weighted by atomic mass is 32.1. The first-order chi connectivity index (χ1) is 12.8. The van der Waals surface area contributed by atoms with Crippen LogP contribution >= 0.6 is 11.5 Å². The van der Waals surface area contributed by atoms with Crippen molar-refractivity contribution in [3.63, 3.8) is 0 Å². The first kappa shape index (κ1) is 16.3. The maximum atomic E-state index is 5.88. The summed E-state index contributed by atoms with van der Waals surface area (Å²) in [5.74, 6) is 2.30. The number of rotatable bonds is 6. The van der Waals surface area contributed by atoms with Gasteiger partial charge in [-0.15, -0.1) is 5.10 Å². The first-order valence-corrected chi connectivity index (χ1v) is 8.83. The maximum absolute atomic E-state index is 5.88. The summed E-state index contributed by atoms with van der Waals surface area (Å²) in [6, 6.07) is 17.3. The summed E-state index contributed by atoms with van der Waals surface area (Å²) >= 11 is 1.36. The van der Waals surface area contributed by atoms with Crippen molar-refractivity contribution in [1.82, 2.24) is 19.8 Å². The topological polar surface area (TPSA) is 72.9 Å². The number of hydrogen-bond donors (Lipinski definition) is 1. The Morgan fingerprint density at radius 3 is 2.23 bits per heavy atom. The van der Waals surface area contributed by atoms with Crippen LogP contribution < -0.4 is 9.47 Å². The molecule has 1 N–H and O–H groups in total. The molecule has 0 radical (unpaired) electrons. The number of ether oxygens (including phenoxy) is 2. The van der Waals surface area contributed by atoms with Gasteiger partial charge in [-0.3, -0.25) is 5.10 Å². The van der Waals surface area contributed by atoms with Crippen LogP contribution in [-0.2, 0) is 6.61 Å². The van der Waals surface area contributed by atoms with Crippen LogP contribution in [0, 0.1) is 6.92 Å². The predicted molar refractivity (Wildman–Crippen MR) is 99.5 cm³/mol. The van der Waals surface area contributed by atoms with Gasteiger partial charge >= 0.3 is 0 Å². The molecule has 0 spiro atoms. The molecular weight excluding hydrogens is 348 g/mol. The Hall–Kier alpha value is -3.19. The van der Waals surface area contributed by atoms with E-state index in [0.29, 0.717) is 6.61 Å². The number of nitrogens with zero attached hydrogens (tertiary/aromatic N) is 3. The van der Waals surface area contributed by atoms with Gasteiger partial charge in [0.15, 0.2) is 0 Å². The van der Waals surface area contributed by atoms with Crippen molar-refractivity contribution in [1.29, 1.82) is 0 Å². The zero-order valence-electron chi connectivity index (χ0n) is 14.0. The second kappa shape index (κ2) is 7.37. The molecule has 7 heteroatoms. The molecule has 2 aromatic carbocycles. The molecule has 0 saturated heterocycles. The van der Waals surface area contributed by atoms with Gasteiger partial charge in [-0.25, -0.2) is 0 Å². The molecule has 0 bridgehead atoms. The average Bonchev–Trinajstić information content (AvgIpc) is 3.34. The molecule has 0 amide bonds. The smallest absolute Gasteiger partial charge is 0.127 e. The minimum absolute atomic E-state index is 0.471. The molecule has 130 valence electrons. The summed E-state index contributed by atoms with van der Waals surface area (Å²) < 4.78 is 15.5. The molecule has 26 heavy (non-hydrogen) atoms. The number of aromatic amines is 1. The van der Waals surface area contributed by atoms with Crippen molar-refractivity contribution in [2.75, 3.05) is 0 Å². The van der Waals surface area contributed by atoms with E-state index < -0.39 is 0 Å². The van der Waals surface area contributed by atoms with Gasteiger partial charge < -0.3 is 9.47 Å². The molecule has 0 unspecified atom stereocenters. The quantitative estimate of drug-likeness (QED) is 0.541. The van der Waals surface area contributed by atoms with Crippen molar-refractivity contribution < 1.29 is 9.47 Å². The fraction of sp³-hybridized carbons (Fsp3) is 0.105. The monoisotopic (exact) mass is 364 g/mol. The lowest BCUT2D eigenvalue weighted by atomic mass is 10.1. The molecule has 2 heterocycles. The van der Waals surface area contributed by atoms with E-state index in [4.69, 9.17) is 9.47 Å². The van der Waals surface area contributed by atoms with Crippen LogP contribution in [-0.4, -0.2) is 19.8 Å². The number of H-pyrrole nitrogens is 1. The number of hydrogen-bond acceptors (Lipinski definition) is 6. The second-order valence-corrected chi connectivity index (χ2v) is 6.48. The summed E-state index contributed by atoms with van der Waals surface area (Å²) in [4.78, 5) is 1.03. The lowest BCUT2D eigenvalue weighted by Gasteiger charge is -2.08. The van der Waals surface area contributed by atoms with E-state index in [2.05, 4.69) is 19.8 Å². The molecule has 0 aliphatic rings. The highest BCUT2D eigenvalue weighted by molar-refractivity contribution is 7.05. The van der Waals surface area contributed by atoms with Gasteiger partial charge in [0.05, 0.1) is 16.3 Å². The number of aromatic nitrogens is 4. The molecule has 0 aliphatic carbocycles. The fourth-order valence-corrected chi connectivity index (χ4v) is 2.94. The van der Waals surface area contributed by atoms with E-state index in [0.717, 1.165) is 39.1 Å². The third-order valence-electron chi connectivity index (χ3n) is 3.84. The van der Waals surface area contributed by atoms with Crippen LogP contribution in [0.2, 0.25) is 0 Å². The van der Waals surface area contributed by atoms with Crippen molar-refractivity contribution in [3.05, 3.63) is 71.4 Å². The Labute approximate surface area is 154 Å². The van der Waals surface area contributed by atoms with Gasteiger partial charge in [0.1, 0.15) is 23.9 Å². The Kier molecular flexibility index (Phi) is 4.61. The average molecular weight is 364 g/mol. The molecule has 0 fully saturated rings. The largest absolute Gasteiger partial charge is 0.488 e. The van der Waals surface area contributed by atoms with Crippen molar-refractivity contribution in [2.45, 2.75) is 13.5 Å². The fourth-order valence-electron chi connectivity index (χ4n) is 2.39. The number of aryl methyl sites for hydroxylation is 1. The third kappa shape index (κ3) is 3.73. The normalized spacial score (nSPS) is 10.7. The van der Waals surface area contributed by atoms with Gasteiger partial charge in [0.25, 0.3) is 0 Å². The zero-order valence-corrected chi connectivity index (χ0v) is 14.9. The Morgan fingerprint density at radius 1 is 0.923 bits per heavy atom. The highest BCUT2D eigenvalue weighted by Gasteiger charge is 2.05. The van der Waals surface area contributed by atoms with E-state index in [9.17, 15) is 0 Å². The molecule has 4 rings (SSSR count). The van der Waals surface area contributed by atoms with Crippen molar-refractivity contribution >= 4 is 11.5 Å². The summed E-state index contributed by atoms with van der Waals surface area (Å²) in [6.45, 7) is 2.40. The standard InChI is InChI=1S/C19H16N4O2S/c1-13-19(26-23-21-13)12-24-15-6-8-17(9-7-15)25-16-4-2-14(3-5-16)18-10-11-20-22-18/h2-11H,12H2,1H3,(H,20,22). The summed E-state index contributed by atoms with van der Waals surface area (Å²) in [7, 11) is 0. The summed E-state index contributed by atoms with van der Waals surface area (Å²) in [5, 5.41) is 10.9. The molecule has 0 saturated carbocycles. The van der Waals surface area contributed by atoms with Gasteiger partial charge in [-0.05, 0) is 78.6 Å². The summed E-state index contributed by atoms with van der Waals surface area (Å²) in [6.07, 6.45) is 1.73. The summed E-state index contributed by atoms with van der Waals surface area (Å²) in [5.41, 5.74) is 2.95. The lowest BCUT2D eigenvalue weighted by Crippen LogP contribution is -1.95. The number of benzene rings is 2. The van der Waals surface area contributed by atoms with Gasteiger partial charge in [-0.1, -0.05) is 4.49 Å². The highest BCUT2D eigenvalue weighted by Crippen LogP contribution is 2.26. The SMILES string of the molecule is Cc1nnsc1COc1ccc(Oc2ccc(-c3ccn[nH]3)cc2)cc1. The molecular formula is C19H16N4O2S. The van der Waals surface area contributed by atoms with Crippen molar-refractivity contribution in [2.24, 2.45) is 0 Å². The minimum Gasteiger partial charge on any atom is -0.488 e. The zero-order chi connectivity index (χ0) is 17.8. The maximum Gasteiger partial charge on any atom is 0.127 e. The minimum atomic E-state index is 0.471. The van der Waals surface area contributed by atoms with Gasteiger partial charge in [-0.2, -0.15) is 5.10 Å². The second-order valence-electron chi connectivity index (χ2n) is 5.64. The number of nitrogens with one attached hydrogen (secondary N) is 1. The molecule has 4 aromatic rings. The van der Waals surface area contributed by atoms with E-state index in [-0.39, 0.29) is 0 Å². The third-order valence-corrected chi connectivity index (χ3v) is 4.64. The lowest BCUT2D eigenvalue weighted by molar-refractivity contribution is 0.308. The van der Waals surface area contributed by atoms with Gasteiger partial charge in [0.2, 0.25) is 0 Å². The van der Waals surface area contributed by atoms with E-state index in [1.54, 1.807) is 6.20 Å². The molecule has 0 atom stereocenters. The van der Waals surface area contributed by atoms with Crippen LogP contribution in [0.5, 0.6) is 17.2 Å². The van der Waals surface area contributed by atoms with E-state index in [1.807, 2.05) is 61.5 Å². The molecule has 6 nitrogen and oxygen atoms in total. The first-order valence-electron chi connectivity index (χ1n) is 8.06. The van der Waals surface area contributed by atoms with Crippen LogP contribution in [0.25, 0.3) is 11.3 Å². The molecule has 2 aromatic heterocycles. The Balaban J connectivity index is 1.37. The Morgan fingerprint density at radius 2 is 1.62 bits per heavy atom. The van der Waals surface area contributed by atoms with Crippen LogP contribution in [0.3, 0.4) is 0 Å². The molecule has 0 aliphatic heterocycles. The van der Waals surface area contributed by atoms with Crippen LogP contribution in [0.15, 0.2) is 60.8 Å². The van der Waals surface area contributed by atoms with Gasteiger partial charge in [0, 0.05) is 6.20 Å². The van der Waals surface area contributed by atoms with Crippen LogP contribution in [0.1, 0.15) is 10.6 Å². The van der Waals surface area contributed by atoms with E-state index >= 15 is 0 Å². The predicted octanol–water partition coefficient (Wildman–Crippen LogP) is 4.61.